The third-order valence-corrected chi connectivity index (χ3v) is 6.36. The van der Waals surface area contributed by atoms with Gasteiger partial charge in [-0.3, -0.25) is 4.79 Å². The molecule has 1 aromatic heterocycles. The van der Waals surface area contributed by atoms with Crippen LogP contribution in [0.1, 0.15) is 60.6 Å². The minimum absolute atomic E-state index is 0.0736. The van der Waals surface area contributed by atoms with Gasteiger partial charge in [-0.1, -0.05) is 39.0 Å². The summed E-state index contributed by atoms with van der Waals surface area (Å²) < 4.78 is 10.1. The van der Waals surface area contributed by atoms with E-state index in [1.54, 1.807) is 12.0 Å². The Hall–Kier alpha value is -2.45. The van der Waals surface area contributed by atoms with E-state index in [1.165, 1.54) is 11.3 Å². The van der Waals surface area contributed by atoms with E-state index in [9.17, 15) is 9.59 Å². The molecule has 0 unspecified atom stereocenters. The highest BCUT2D eigenvalue weighted by molar-refractivity contribution is 7.10. The first-order valence-corrected chi connectivity index (χ1v) is 11.4. The zero-order chi connectivity index (χ0) is 22.4. The van der Waals surface area contributed by atoms with Gasteiger partial charge in [0.2, 0.25) is 0 Å². The van der Waals surface area contributed by atoms with Crippen molar-refractivity contribution in [1.29, 1.82) is 0 Å². The number of anilines is 1. The van der Waals surface area contributed by atoms with Gasteiger partial charge in [-0.25, -0.2) is 9.78 Å². The van der Waals surface area contributed by atoms with Gasteiger partial charge in [0.15, 0.2) is 0 Å². The van der Waals surface area contributed by atoms with Crippen LogP contribution >= 0.6 is 11.3 Å². The highest BCUT2D eigenvalue weighted by atomic mass is 32.1. The highest BCUT2D eigenvalue weighted by Crippen LogP contribution is 2.32. The van der Waals surface area contributed by atoms with Crippen LogP contribution in [0.4, 0.5) is 10.5 Å². The number of carbonyl (C=O) groups is 2. The Morgan fingerprint density at radius 3 is 2.58 bits per heavy atom. The molecule has 1 aromatic carbocycles. The molecule has 2 heterocycles. The molecule has 168 valence electrons. The van der Waals surface area contributed by atoms with Gasteiger partial charge in [0.25, 0.3) is 5.91 Å². The van der Waals surface area contributed by atoms with Crippen LogP contribution in [0, 0.1) is 0 Å². The van der Waals surface area contributed by atoms with Crippen molar-refractivity contribution in [2.24, 2.45) is 0 Å². The molecule has 0 radical (unpaired) electrons. The maximum absolute atomic E-state index is 12.8. The average Bonchev–Trinajstić information content (AvgIpc) is 3.24. The number of carbonyl (C=O) groups excluding carboxylic acids is 2. The van der Waals surface area contributed by atoms with Crippen molar-refractivity contribution in [2.45, 2.75) is 44.9 Å². The molecular formula is C23H31N3O4S. The van der Waals surface area contributed by atoms with E-state index in [1.807, 2.05) is 29.6 Å². The Morgan fingerprint density at radius 2 is 1.90 bits per heavy atom. The van der Waals surface area contributed by atoms with Crippen molar-refractivity contribution < 1.29 is 19.1 Å². The summed E-state index contributed by atoms with van der Waals surface area (Å²) in [6.45, 7) is 8.27. The number of methoxy groups -OCH3 is 1. The molecule has 1 saturated heterocycles. The SMILES string of the molecule is COCCOC(=O)N1CCC(c2nc(C(=O)Nc3ccccc3C(C)(C)C)cs2)CC1. The molecule has 8 heteroatoms. The van der Waals surface area contributed by atoms with Crippen LogP contribution in [0.2, 0.25) is 0 Å². The molecule has 2 aromatic rings. The molecule has 1 aliphatic heterocycles. The molecule has 2 amide bonds. The number of hydrogen-bond donors (Lipinski definition) is 1. The van der Waals surface area contributed by atoms with E-state index in [4.69, 9.17) is 9.47 Å². The maximum atomic E-state index is 12.8. The number of hydrogen-bond acceptors (Lipinski definition) is 6. The van der Waals surface area contributed by atoms with Crippen LogP contribution < -0.4 is 5.32 Å². The van der Waals surface area contributed by atoms with Crippen LogP contribution in [0.25, 0.3) is 0 Å². The minimum atomic E-state index is -0.299. The smallest absolute Gasteiger partial charge is 0.409 e. The van der Waals surface area contributed by atoms with Crippen LogP contribution in [-0.2, 0) is 14.9 Å². The molecule has 1 fully saturated rings. The van der Waals surface area contributed by atoms with Gasteiger partial charge in [0, 0.05) is 37.2 Å². The summed E-state index contributed by atoms with van der Waals surface area (Å²) >= 11 is 1.51. The first kappa shape index (κ1) is 23.2. The van der Waals surface area contributed by atoms with Crippen molar-refractivity contribution in [3.8, 4) is 0 Å². The van der Waals surface area contributed by atoms with Crippen molar-refractivity contribution in [1.82, 2.24) is 9.88 Å². The molecule has 0 aliphatic carbocycles. The number of rotatable bonds is 6. The molecule has 7 nitrogen and oxygen atoms in total. The van der Waals surface area contributed by atoms with E-state index in [0.717, 1.165) is 29.1 Å². The van der Waals surface area contributed by atoms with Gasteiger partial charge >= 0.3 is 6.09 Å². The summed E-state index contributed by atoms with van der Waals surface area (Å²) in [5.41, 5.74) is 2.26. The standard InChI is InChI=1S/C23H31N3O4S/c1-23(2,3)17-7-5-6-8-18(17)24-20(27)19-15-31-21(25-19)16-9-11-26(12-10-16)22(28)30-14-13-29-4/h5-8,15-16H,9-14H2,1-4H3,(H,24,27). The summed E-state index contributed by atoms with van der Waals surface area (Å²) in [5.74, 6) is 0.0507. The number of aromatic nitrogens is 1. The quantitative estimate of drug-likeness (QED) is 0.655. The van der Waals surface area contributed by atoms with Gasteiger partial charge < -0.3 is 19.7 Å². The molecule has 1 aliphatic rings. The Labute approximate surface area is 187 Å². The first-order chi connectivity index (χ1) is 14.8. The number of likely N-dealkylation sites (tertiary alicyclic amines) is 1. The fraction of sp³-hybridized carbons (Fsp3) is 0.522. The monoisotopic (exact) mass is 445 g/mol. The van der Waals surface area contributed by atoms with Gasteiger partial charge in [0.1, 0.15) is 12.3 Å². The first-order valence-electron chi connectivity index (χ1n) is 10.6. The summed E-state index contributed by atoms with van der Waals surface area (Å²) in [6, 6.07) is 7.87. The number of benzene rings is 1. The van der Waals surface area contributed by atoms with Crippen LogP contribution in [0.3, 0.4) is 0 Å². The van der Waals surface area contributed by atoms with Crippen LogP contribution in [0.5, 0.6) is 0 Å². The molecule has 3 rings (SSSR count). The molecule has 0 spiro atoms. The number of thiazole rings is 1. The third-order valence-electron chi connectivity index (χ3n) is 5.35. The molecule has 0 atom stereocenters. The lowest BCUT2D eigenvalue weighted by atomic mass is 9.86. The number of nitrogens with zero attached hydrogens (tertiary/aromatic N) is 2. The molecule has 31 heavy (non-hydrogen) atoms. The lowest BCUT2D eigenvalue weighted by molar-refractivity contribution is 0.0659. The van der Waals surface area contributed by atoms with Crippen molar-refractivity contribution in [2.75, 3.05) is 38.7 Å². The van der Waals surface area contributed by atoms with Crippen LogP contribution in [-0.4, -0.2) is 55.3 Å². The third kappa shape index (κ3) is 6.04. The Morgan fingerprint density at radius 1 is 1.19 bits per heavy atom. The summed E-state index contributed by atoms with van der Waals surface area (Å²) in [5, 5.41) is 5.78. The zero-order valence-corrected chi connectivity index (χ0v) is 19.5. The van der Waals surface area contributed by atoms with E-state index in [2.05, 4.69) is 31.1 Å². The predicted octanol–water partition coefficient (Wildman–Crippen LogP) is 4.66. The van der Waals surface area contributed by atoms with Crippen molar-refractivity contribution in [3.05, 3.63) is 45.9 Å². The molecule has 1 N–H and O–H groups in total. The van der Waals surface area contributed by atoms with Gasteiger partial charge in [-0.2, -0.15) is 0 Å². The molecular weight excluding hydrogens is 414 g/mol. The normalized spacial score (nSPS) is 15.0. The highest BCUT2D eigenvalue weighted by Gasteiger charge is 2.27. The van der Waals surface area contributed by atoms with Crippen molar-refractivity contribution >= 4 is 29.0 Å². The van der Waals surface area contributed by atoms with E-state index in [0.29, 0.717) is 25.4 Å². The summed E-state index contributed by atoms with van der Waals surface area (Å²) in [6.07, 6.45) is 1.31. The van der Waals surface area contributed by atoms with Crippen LogP contribution in [0.15, 0.2) is 29.6 Å². The fourth-order valence-corrected chi connectivity index (χ4v) is 4.60. The topological polar surface area (TPSA) is 80.8 Å². The Balaban J connectivity index is 1.58. The molecule has 0 saturated carbocycles. The zero-order valence-electron chi connectivity index (χ0n) is 18.6. The second kappa shape index (κ2) is 10.2. The number of nitrogens with one attached hydrogen (secondary N) is 1. The van der Waals surface area contributed by atoms with Gasteiger partial charge in [-0.05, 0) is 29.9 Å². The predicted molar refractivity (Wildman–Crippen MR) is 122 cm³/mol. The Bertz CT molecular complexity index is 898. The number of amides is 2. The van der Waals surface area contributed by atoms with E-state index >= 15 is 0 Å². The minimum Gasteiger partial charge on any atom is -0.447 e. The Kier molecular flexibility index (Phi) is 7.67. The van der Waals surface area contributed by atoms with E-state index < -0.39 is 0 Å². The molecule has 0 bridgehead atoms. The fourth-order valence-electron chi connectivity index (χ4n) is 3.62. The second-order valence-corrected chi connectivity index (χ2v) is 9.58. The van der Waals surface area contributed by atoms with Gasteiger partial charge in [-0.15, -0.1) is 11.3 Å². The lowest BCUT2D eigenvalue weighted by Gasteiger charge is -2.30. The number of piperidine rings is 1. The van der Waals surface area contributed by atoms with Gasteiger partial charge in [0.05, 0.1) is 11.6 Å². The largest absolute Gasteiger partial charge is 0.447 e. The van der Waals surface area contributed by atoms with E-state index in [-0.39, 0.29) is 29.9 Å². The number of ether oxygens (including phenoxy) is 2. The lowest BCUT2D eigenvalue weighted by Crippen LogP contribution is -2.38. The second-order valence-electron chi connectivity index (χ2n) is 8.69. The average molecular weight is 446 g/mol. The number of para-hydroxylation sites is 1. The van der Waals surface area contributed by atoms with Crippen molar-refractivity contribution in [3.63, 3.8) is 0 Å². The maximum Gasteiger partial charge on any atom is 0.409 e. The summed E-state index contributed by atoms with van der Waals surface area (Å²) in [7, 11) is 1.57. The summed E-state index contributed by atoms with van der Waals surface area (Å²) in [4.78, 5) is 31.2.